The van der Waals surface area contributed by atoms with Crippen LogP contribution in [0.1, 0.15) is 35.3 Å². The summed E-state index contributed by atoms with van der Waals surface area (Å²) in [6, 6.07) is 6.77. The van der Waals surface area contributed by atoms with Crippen molar-refractivity contribution < 1.29 is 4.39 Å². The number of aromatic nitrogens is 1. The van der Waals surface area contributed by atoms with E-state index in [-0.39, 0.29) is 35.8 Å². The van der Waals surface area contributed by atoms with E-state index in [4.69, 9.17) is 0 Å². The number of thiazole rings is 1. The van der Waals surface area contributed by atoms with E-state index in [1.165, 1.54) is 17.0 Å². The van der Waals surface area contributed by atoms with Gasteiger partial charge in [-0.1, -0.05) is 19.1 Å². The fourth-order valence-electron chi connectivity index (χ4n) is 2.55. The Morgan fingerprint density at radius 2 is 1.93 bits per heavy atom. The van der Waals surface area contributed by atoms with Crippen LogP contribution in [0.15, 0.2) is 35.5 Å². The second kappa shape index (κ2) is 12.2. The summed E-state index contributed by atoms with van der Waals surface area (Å²) in [5.74, 6) is 0.540. The maximum Gasteiger partial charge on any atom is 0.191 e. The molecule has 1 aromatic carbocycles. The lowest BCUT2D eigenvalue weighted by Crippen LogP contribution is -2.41. The van der Waals surface area contributed by atoms with Crippen LogP contribution < -0.4 is 10.6 Å². The predicted molar refractivity (Wildman–Crippen MR) is 123 cm³/mol. The summed E-state index contributed by atoms with van der Waals surface area (Å²) >= 11 is 1.70. The third kappa shape index (κ3) is 7.71. The van der Waals surface area contributed by atoms with Gasteiger partial charge in [-0.2, -0.15) is 0 Å². The minimum atomic E-state index is -0.219. The Labute approximate surface area is 182 Å². The fraction of sp³-hybridized carbons (Fsp3) is 0.474. The Morgan fingerprint density at radius 1 is 1.22 bits per heavy atom. The first-order valence-corrected chi connectivity index (χ1v) is 9.72. The summed E-state index contributed by atoms with van der Waals surface area (Å²) in [5.41, 5.74) is 1.06. The lowest BCUT2D eigenvalue weighted by molar-refractivity contribution is 0.298. The summed E-state index contributed by atoms with van der Waals surface area (Å²) in [6.07, 6.45) is 2.92. The molecule has 8 heteroatoms. The maximum absolute atomic E-state index is 13.2. The van der Waals surface area contributed by atoms with Gasteiger partial charge in [0.05, 0.1) is 12.6 Å². The molecule has 1 aromatic heterocycles. The second-order valence-corrected chi connectivity index (χ2v) is 7.38. The first-order valence-electron chi connectivity index (χ1n) is 8.91. The third-order valence-corrected chi connectivity index (χ3v) is 5.13. The molecular formula is C19H29FIN5S. The van der Waals surface area contributed by atoms with Gasteiger partial charge in [0.1, 0.15) is 10.8 Å². The fourth-order valence-corrected chi connectivity index (χ4v) is 3.34. The highest BCUT2D eigenvalue weighted by Gasteiger charge is 2.15. The summed E-state index contributed by atoms with van der Waals surface area (Å²) in [5, 5.41) is 7.67. The summed E-state index contributed by atoms with van der Waals surface area (Å²) in [6.45, 7) is 6.18. The van der Waals surface area contributed by atoms with Gasteiger partial charge in [0.25, 0.3) is 0 Å². The van der Waals surface area contributed by atoms with E-state index < -0.39 is 0 Å². The van der Waals surface area contributed by atoms with E-state index >= 15 is 0 Å². The van der Waals surface area contributed by atoms with Gasteiger partial charge >= 0.3 is 0 Å². The van der Waals surface area contributed by atoms with Gasteiger partial charge < -0.3 is 15.5 Å². The highest BCUT2D eigenvalue weighted by atomic mass is 127. The number of hydrogen-bond acceptors (Lipinski definition) is 4. The van der Waals surface area contributed by atoms with Gasteiger partial charge in [0.2, 0.25) is 0 Å². The van der Waals surface area contributed by atoms with Crippen molar-refractivity contribution in [2.45, 2.75) is 32.9 Å². The molecule has 0 saturated carbocycles. The highest BCUT2D eigenvalue weighted by Crippen LogP contribution is 2.18. The lowest BCUT2D eigenvalue weighted by atomic mass is 10.1. The van der Waals surface area contributed by atoms with E-state index in [1.807, 2.05) is 39.3 Å². The number of nitrogens with one attached hydrogen (secondary N) is 2. The first kappa shape index (κ1) is 23.8. The van der Waals surface area contributed by atoms with Crippen LogP contribution in [0.4, 0.5) is 4.39 Å². The molecule has 0 aliphatic rings. The van der Waals surface area contributed by atoms with Crippen molar-refractivity contribution in [3.8, 4) is 0 Å². The molecule has 2 aromatic rings. The van der Waals surface area contributed by atoms with Crippen molar-refractivity contribution in [2.75, 3.05) is 27.2 Å². The van der Waals surface area contributed by atoms with Gasteiger partial charge in [-0.25, -0.2) is 14.4 Å². The van der Waals surface area contributed by atoms with Gasteiger partial charge in [0, 0.05) is 24.2 Å². The van der Waals surface area contributed by atoms with Crippen LogP contribution in [0.3, 0.4) is 0 Å². The van der Waals surface area contributed by atoms with Crippen molar-refractivity contribution in [2.24, 2.45) is 4.99 Å². The Kier molecular flexibility index (Phi) is 10.8. The molecule has 5 nitrogen and oxygen atoms in total. The van der Waals surface area contributed by atoms with Crippen molar-refractivity contribution >= 4 is 41.3 Å². The molecule has 27 heavy (non-hydrogen) atoms. The molecule has 1 atom stereocenters. The number of rotatable bonds is 8. The molecule has 0 fully saturated rings. The van der Waals surface area contributed by atoms with Crippen LogP contribution in [0.25, 0.3) is 0 Å². The molecule has 0 radical (unpaired) electrons. The molecule has 0 saturated heterocycles. The molecule has 0 amide bonds. The van der Waals surface area contributed by atoms with E-state index in [0.29, 0.717) is 13.1 Å². The van der Waals surface area contributed by atoms with Crippen LogP contribution in [0.2, 0.25) is 0 Å². The molecule has 0 aliphatic carbocycles. The third-order valence-electron chi connectivity index (χ3n) is 4.01. The quantitative estimate of drug-likeness (QED) is 0.326. The van der Waals surface area contributed by atoms with Gasteiger partial charge in [-0.05, 0) is 45.1 Å². The first-order chi connectivity index (χ1) is 12.5. The van der Waals surface area contributed by atoms with E-state index in [1.54, 1.807) is 11.3 Å². The maximum atomic E-state index is 13.2. The number of benzene rings is 1. The van der Waals surface area contributed by atoms with Crippen molar-refractivity contribution in [1.82, 2.24) is 20.5 Å². The zero-order chi connectivity index (χ0) is 18.9. The average molecular weight is 505 g/mol. The summed E-state index contributed by atoms with van der Waals surface area (Å²) < 4.78 is 13.2. The number of hydrogen-bond donors (Lipinski definition) is 2. The molecule has 0 bridgehead atoms. The highest BCUT2D eigenvalue weighted by molar-refractivity contribution is 14.0. The largest absolute Gasteiger partial charge is 0.357 e. The molecule has 1 unspecified atom stereocenters. The Bertz CT molecular complexity index is 702. The Hall–Kier alpha value is -1.26. The molecule has 2 rings (SSSR count). The van der Waals surface area contributed by atoms with Crippen molar-refractivity contribution in [1.29, 1.82) is 0 Å². The van der Waals surface area contributed by atoms with Crippen molar-refractivity contribution in [3.63, 3.8) is 0 Å². The number of aryl methyl sites for hydroxylation is 1. The van der Waals surface area contributed by atoms with E-state index in [9.17, 15) is 4.39 Å². The molecule has 150 valence electrons. The van der Waals surface area contributed by atoms with E-state index in [2.05, 4.69) is 32.4 Å². The van der Waals surface area contributed by atoms with Gasteiger partial charge in [-0.15, -0.1) is 35.3 Å². The van der Waals surface area contributed by atoms with Crippen LogP contribution in [-0.2, 0) is 13.0 Å². The van der Waals surface area contributed by atoms with Crippen LogP contribution >= 0.6 is 35.3 Å². The molecule has 1 heterocycles. The van der Waals surface area contributed by atoms with Crippen LogP contribution in [0, 0.1) is 5.82 Å². The Morgan fingerprint density at radius 3 is 2.48 bits per heavy atom. The number of guanidine groups is 1. The number of aliphatic imine (C=N–C) groups is 1. The van der Waals surface area contributed by atoms with Crippen LogP contribution in [0.5, 0.6) is 0 Å². The predicted octanol–water partition coefficient (Wildman–Crippen LogP) is 3.82. The molecule has 0 aliphatic heterocycles. The SMILES string of the molecule is CCNC(=NCc1ncc(CC)s1)NCC(c1ccc(F)cc1)N(C)C.I. The van der Waals surface area contributed by atoms with Gasteiger partial charge in [-0.3, -0.25) is 0 Å². The lowest BCUT2D eigenvalue weighted by Gasteiger charge is -2.26. The number of likely N-dealkylation sites (N-methyl/N-ethyl adjacent to an activating group) is 1. The topological polar surface area (TPSA) is 52.6 Å². The Balaban J connectivity index is 0.00000364. The summed E-state index contributed by atoms with van der Waals surface area (Å²) in [4.78, 5) is 12.4. The minimum absolute atomic E-state index is 0. The smallest absolute Gasteiger partial charge is 0.191 e. The second-order valence-electron chi connectivity index (χ2n) is 6.18. The average Bonchev–Trinajstić information content (AvgIpc) is 3.09. The standard InChI is InChI=1S/C19H28FN5S.HI/c1-5-16-11-22-18(26-16)13-24-19(21-6-2)23-12-17(25(3)4)14-7-9-15(20)10-8-14;/h7-11,17H,5-6,12-13H2,1-4H3,(H2,21,23,24);1H. The minimum Gasteiger partial charge on any atom is -0.357 e. The zero-order valence-electron chi connectivity index (χ0n) is 16.3. The van der Waals surface area contributed by atoms with Crippen molar-refractivity contribution in [3.05, 3.63) is 51.7 Å². The number of nitrogens with zero attached hydrogens (tertiary/aromatic N) is 3. The van der Waals surface area contributed by atoms with Gasteiger partial charge in [0.15, 0.2) is 5.96 Å². The monoisotopic (exact) mass is 505 g/mol. The summed E-state index contributed by atoms with van der Waals surface area (Å²) in [7, 11) is 4.03. The van der Waals surface area contributed by atoms with Crippen LogP contribution in [-0.4, -0.2) is 43.0 Å². The molecule has 0 spiro atoms. The number of halogens is 2. The molecule has 2 N–H and O–H groups in total. The molecular weight excluding hydrogens is 476 g/mol. The zero-order valence-corrected chi connectivity index (χ0v) is 19.5. The normalized spacial score (nSPS) is 12.6. The van der Waals surface area contributed by atoms with E-state index in [0.717, 1.165) is 29.5 Å².